The van der Waals surface area contributed by atoms with Gasteiger partial charge in [0.05, 0.1) is 0 Å². The molecule has 0 aromatic heterocycles. The second-order valence-electron chi connectivity index (χ2n) is 7.92. The maximum atomic E-state index is 6.00. The lowest BCUT2D eigenvalue weighted by Gasteiger charge is -2.30. The Bertz CT molecular complexity index is 579. The molecule has 0 aliphatic carbocycles. The van der Waals surface area contributed by atoms with Crippen molar-refractivity contribution < 1.29 is 0 Å². The van der Waals surface area contributed by atoms with Gasteiger partial charge in [0.25, 0.3) is 0 Å². The van der Waals surface area contributed by atoms with Crippen LogP contribution < -0.4 is 5.73 Å². The first-order valence-electron chi connectivity index (χ1n) is 10.6. The second kappa shape index (κ2) is 11.2. The van der Waals surface area contributed by atoms with Crippen LogP contribution in [0.5, 0.6) is 0 Å². The van der Waals surface area contributed by atoms with Gasteiger partial charge >= 0.3 is 0 Å². The summed E-state index contributed by atoms with van der Waals surface area (Å²) in [5.74, 6) is 0. The first kappa shape index (κ1) is 20.1. The predicted octanol–water partition coefficient (Wildman–Crippen LogP) is 4.28. The maximum Gasteiger partial charge on any atom is 0.0237 e. The van der Waals surface area contributed by atoms with Crippen LogP contribution in [-0.2, 0) is 13.1 Å². The Kier molecular flexibility index (Phi) is 8.34. The normalized spacial score (nSPS) is 16.1. The van der Waals surface area contributed by atoms with Gasteiger partial charge in [0, 0.05) is 19.1 Å². The zero-order valence-corrected chi connectivity index (χ0v) is 16.6. The van der Waals surface area contributed by atoms with Crippen molar-refractivity contribution in [2.24, 2.45) is 5.73 Å². The highest BCUT2D eigenvalue weighted by Crippen LogP contribution is 2.13. The summed E-state index contributed by atoms with van der Waals surface area (Å²) in [6.07, 6.45) is 6.22. The summed E-state index contributed by atoms with van der Waals surface area (Å²) >= 11 is 0. The number of nitrogens with two attached hydrogens (primary N) is 1. The molecule has 0 atom stereocenters. The van der Waals surface area contributed by atoms with Crippen molar-refractivity contribution >= 4 is 0 Å². The van der Waals surface area contributed by atoms with Gasteiger partial charge in [-0.3, -0.25) is 4.90 Å². The zero-order valence-electron chi connectivity index (χ0n) is 16.6. The quantitative estimate of drug-likeness (QED) is 0.638. The van der Waals surface area contributed by atoms with Crippen LogP contribution >= 0.6 is 0 Å². The smallest absolute Gasteiger partial charge is 0.0237 e. The number of hydrogen-bond acceptors (Lipinski definition) is 3. The van der Waals surface area contributed by atoms with Crippen LogP contribution in [0, 0.1) is 0 Å². The van der Waals surface area contributed by atoms with Crippen molar-refractivity contribution in [3.63, 3.8) is 0 Å². The molecule has 0 saturated carbocycles. The molecule has 27 heavy (non-hydrogen) atoms. The van der Waals surface area contributed by atoms with Gasteiger partial charge in [-0.25, -0.2) is 0 Å². The van der Waals surface area contributed by atoms with Gasteiger partial charge in [-0.1, -0.05) is 67.1 Å². The van der Waals surface area contributed by atoms with Crippen LogP contribution in [0.25, 0.3) is 0 Å². The monoisotopic (exact) mass is 365 g/mol. The Morgan fingerprint density at radius 3 is 1.89 bits per heavy atom. The Morgan fingerprint density at radius 1 is 0.778 bits per heavy atom. The van der Waals surface area contributed by atoms with Gasteiger partial charge < -0.3 is 10.6 Å². The van der Waals surface area contributed by atoms with Crippen LogP contribution in [0.15, 0.2) is 60.7 Å². The van der Waals surface area contributed by atoms with E-state index in [1.807, 2.05) is 0 Å². The number of nitrogens with zero attached hydrogens (tertiary/aromatic N) is 2. The van der Waals surface area contributed by atoms with E-state index in [1.54, 1.807) is 0 Å². The van der Waals surface area contributed by atoms with Gasteiger partial charge in [0.15, 0.2) is 0 Å². The summed E-state index contributed by atoms with van der Waals surface area (Å²) in [6, 6.07) is 22.1. The van der Waals surface area contributed by atoms with E-state index in [9.17, 15) is 0 Å². The molecular weight excluding hydrogens is 330 g/mol. The molecule has 0 bridgehead atoms. The van der Waals surface area contributed by atoms with Crippen molar-refractivity contribution in [2.75, 3.05) is 26.2 Å². The fourth-order valence-corrected chi connectivity index (χ4v) is 3.92. The molecule has 0 spiro atoms. The number of rotatable bonds is 10. The highest BCUT2D eigenvalue weighted by atomic mass is 15.1. The predicted molar refractivity (Wildman–Crippen MR) is 114 cm³/mol. The molecule has 146 valence electrons. The molecular formula is C24H35N3. The number of unbranched alkanes of at least 4 members (excludes halogenated alkanes) is 2. The molecule has 0 unspecified atom stereocenters. The van der Waals surface area contributed by atoms with E-state index in [1.165, 1.54) is 62.9 Å². The molecule has 1 fully saturated rings. The van der Waals surface area contributed by atoms with Gasteiger partial charge in [-0.05, 0) is 63.0 Å². The average molecular weight is 366 g/mol. The fraction of sp³-hybridized carbons (Fsp3) is 0.500. The van der Waals surface area contributed by atoms with Crippen molar-refractivity contribution in [1.29, 1.82) is 0 Å². The van der Waals surface area contributed by atoms with Gasteiger partial charge in [-0.15, -0.1) is 0 Å². The van der Waals surface area contributed by atoms with E-state index < -0.39 is 0 Å². The first-order chi connectivity index (χ1) is 13.3. The molecule has 3 heteroatoms. The lowest BCUT2D eigenvalue weighted by Crippen LogP contribution is -2.40. The second-order valence-corrected chi connectivity index (χ2v) is 7.92. The van der Waals surface area contributed by atoms with Crippen LogP contribution in [-0.4, -0.2) is 42.0 Å². The van der Waals surface area contributed by atoms with E-state index >= 15 is 0 Å². The molecule has 1 aliphatic rings. The molecule has 0 amide bonds. The summed E-state index contributed by atoms with van der Waals surface area (Å²) in [7, 11) is 0. The molecule has 3 nitrogen and oxygen atoms in total. The molecule has 1 heterocycles. The zero-order chi connectivity index (χ0) is 18.7. The topological polar surface area (TPSA) is 32.5 Å². The van der Waals surface area contributed by atoms with Crippen LogP contribution in [0.4, 0.5) is 0 Å². The third-order valence-electron chi connectivity index (χ3n) is 5.58. The van der Waals surface area contributed by atoms with E-state index in [-0.39, 0.29) is 0 Å². The summed E-state index contributed by atoms with van der Waals surface area (Å²) in [6.45, 7) is 6.84. The lowest BCUT2D eigenvalue weighted by atomic mass is 10.1. The number of benzene rings is 2. The molecule has 1 saturated heterocycles. The highest BCUT2D eigenvalue weighted by molar-refractivity contribution is 5.17. The van der Waals surface area contributed by atoms with E-state index in [0.29, 0.717) is 6.04 Å². The minimum atomic E-state index is 0.436. The standard InChI is InChI=1S/C24H35N3/c25-24-14-18-26(19-15-24)16-8-3-9-17-27(20-22-10-4-1-5-11-22)21-23-12-6-2-7-13-23/h1-2,4-7,10-13,24H,3,8-9,14-21,25H2. The van der Waals surface area contributed by atoms with Crippen molar-refractivity contribution in [3.05, 3.63) is 71.8 Å². The molecule has 0 radical (unpaired) electrons. The van der Waals surface area contributed by atoms with E-state index in [4.69, 9.17) is 5.73 Å². The van der Waals surface area contributed by atoms with Gasteiger partial charge in [0.2, 0.25) is 0 Å². The molecule has 2 aromatic carbocycles. The Balaban J connectivity index is 1.42. The summed E-state index contributed by atoms with van der Waals surface area (Å²) < 4.78 is 0. The Hall–Kier alpha value is -1.68. The van der Waals surface area contributed by atoms with E-state index in [0.717, 1.165) is 19.6 Å². The molecule has 2 N–H and O–H groups in total. The van der Waals surface area contributed by atoms with Crippen molar-refractivity contribution in [3.8, 4) is 0 Å². The first-order valence-corrected chi connectivity index (χ1v) is 10.6. The molecule has 2 aromatic rings. The SMILES string of the molecule is NC1CCN(CCCCCN(Cc2ccccc2)Cc2ccccc2)CC1. The third-order valence-corrected chi connectivity index (χ3v) is 5.58. The highest BCUT2D eigenvalue weighted by Gasteiger charge is 2.15. The minimum absolute atomic E-state index is 0.436. The Labute approximate surface area is 165 Å². The minimum Gasteiger partial charge on any atom is -0.328 e. The molecule has 3 rings (SSSR count). The van der Waals surface area contributed by atoms with Gasteiger partial charge in [-0.2, -0.15) is 0 Å². The number of likely N-dealkylation sites (tertiary alicyclic amines) is 1. The molecule has 1 aliphatic heterocycles. The maximum absolute atomic E-state index is 6.00. The largest absolute Gasteiger partial charge is 0.328 e. The lowest BCUT2D eigenvalue weighted by molar-refractivity contribution is 0.205. The number of piperidine rings is 1. The average Bonchev–Trinajstić information content (AvgIpc) is 2.70. The van der Waals surface area contributed by atoms with Crippen molar-refractivity contribution in [1.82, 2.24) is 9.80 Å². The van der Waals surface area contributed by atoms with Crippen LogP contribution in [0.3, 0.4) is 0 Å². The summed E-state index contributed by atoms with van der Waals surface area (Å²) in [4.78, 5) is 5.18. The van der Waals surface area contributed by atoms with Crippen LogP contribution in [0.1, 0.15) is 43.2 Å². The fourth-order valence-electron chi connectivity index (χ4n) is 3.92. The third kappa shape index (κ3) is 7.45. The van der Waals surface area contributed by atoms with Gasteiger partial charge in [0.1, 0.15) is 0 Å². The number of hydrogen-bond donors (Lipinski definition) is 1. The Morgan fingerprint density at radius 2 is 1.33 bits per heavy atom. The summed E-state index contributed by atoms with van der Waals surface area (Å²) in [5, 5.41) is 0. The summed E-state index contributed by atoms with van der Waals surface area (Å²) in [5.41, 5.74) is 8.80. The van der Waals surface area contributed by atoms with E-state index in [2.05, 4.69) is 70.5 Å². The van der Waals surface area contributed by atoms with Crippen molar-refractivity contribution in [2.45, 2.75) is 51.2 Å². The van der Waals surface area contributed by atoms with Crippen LogP contribution in [0.2, 0.25) is 0 Å².